The number of hydrogen-bond acceptors (Lipinski definition) is 5. The molecule has 0 amide bonds. The van der Waals surface area contributed by atoms with Crippen molar-refractivity contribution in [3.63, 3.8) is 0 Å². The van der Waals surface area contributed by atoms with Crippen molar-refractivity contribution in [2.45, 2.75) is 22.6 Å². The van der Waals surface area contributed by atoms with Crippen molar-refractivity contribution in [3.8, 4) is 39.5 Å². The van der Waals surface area contributed by atoms with Gasteiger partial charge in [-0.25, -0.2) is 4.42 Å². The van der Waals surface area contributed by atoms with Crippen molar-refractivity contribution in [1.29, 1.82) is 0 Å². The molecule has 0 spiro atoms. The van der Waals surface area contributed by atoms with Crippen LogP contribution in [-0.4, -0.2) is 33.1 Å². The molecule has 0 saturated carbocycles. The average Bonchev–Trinajstić information content (AvgIpc) is 2.86. The van der Waals surface area contributed by atoms with Crippen molar-refractivity contribution in [1.82, 2.24) is 0 Å². The Morgan fingerprint density at radius 2 is 1.47 bits per heavy atom. The first-order valence-electron chi connectivity index (χ1n) is 10.9. The zero-order valence-electron chi connectivity index (χ0n) is 19.0. The Labute approximate surface area is 208 Å². The predicted octanol–water partition coefficient (Wildman–Crippen LogP) is 5.16. The zero-order chi connectivity index (χ0) is 25.7. The second-order valence-corrected chi connectivity index (χ2v) is 11.1. The average molecular weight is 526 g/mol. The van der Waals surface area contributed by atoms with Crippen LogP contribution in [0.1, 0.15) is 11.1 Å². The van der Waals surface area contributed by atoms with E-state index in [0.29, 0.717) is 34.6 Å². The van der Waals surface area contributed by atoms with E-state index in [1.807, 2.05) is 24.3 Å². The van der Waals surface area contributed by atoms with Crippen molar-refractivity contribution in [2.24, 2.45) is 0 Å². The number of aryl methyl sites for hydroxylation is 1. The zero-order valence-corrected chi connectivity index (χ0v) is 20.6. The summed E-state index contributed by atoms with van der Waals surface area (Å²) in [5.74, 6) is 1.04. The van der Waals surface area contributed by atoms with E-state index in [0.717, 1.165) is 23.1 Å². The monoisotopic (exact) mass is 525 g/mol. The van der Waals surface area contributed by atoms with Gasteiger partial charge in [-0.1, -0.05) is 24.3 Å². The van der Waals surface area contributed by atoms with Gasteiger partial charge in [-0.15, -0.1) is 0 Å². The maximum absolute atomic E-state index is 12.0. The highest BCUT2D eigenvalue weighted by molar-refractivity contribution is 7.86. The van der Waals surface area contributed by atoms with E-state index in [2.05, 4.69) is 0 Å². The molecule has 10 heteroatoms. The number of hydrogen-bond donors (Lipinski definition) is 2. The molecule has 1 aliphatic carbocycles. The molecule has 184 valence electrons. The summed E-state index contributed by atoms with van der Waals surface area (Å²) in [6, 6.07) is 19.7. The van der Waals surface area contributed by atoms with E-state index < -0.39 is 20.2 Å². The summed E-state index contributed by atoms with van der Waals surface area (Å²) >= 11 is 0. The van der Waals surface area contributed by atoms with Gasteiger partial charge in [0.25, 0.3) is 20.2 Å². The third-order valence-corrected chi connectivity index (χ3v) is 7.92. The summed E-state index contributed by atoms with van der Waals surface area (Å²) in [7, 11) is -7.59. The summed E-state index contributed by atoms with van der Waals surface area (Å²) in [5.41, 5.74) is 4.67. The summed E-state index contributed by atoms with van der Waals surface area (Å²) < 4.78 is 77.6. The van der Waals surface area contributed by atoms with Crippen LogP contribution in [0.25, 0.3) is 33.8 Å². The fourth-order valence-corrected chi connectivity index (χ4v) is 5.63. The van der Waals surface area contributed by atoms with Gasteiger partial charge >= 0.3 is 11.5 Å². The Morgan fingerprint density at radius 3 is 2.14 bits per heavy atom. The molecule has 0 fully saturated rings. The third kappa shape index (κ3) is 4.40. The van der Waals surface area contributed by atoms with Crippen LogP contribution in [0.5, 0.6) is 5.75 Å². The minimum Gasteiger partial charge on any atom is -0.495 e. The van der Waals surface area contributed by atoms with Crippen LogP contribution in [-0.2, 0) is 33.1 Å². The molecule has 8 nitrogen and oxygen atoms in total. The molecule has 0 bridgehead atoms. The SMILES string of the molecule is COc1ccc(-c2cc(-c3ccc(S(=O)(=O)O)cc3)[o+]c3c2CCc2ccccc2-3)cc1S(=O)(=O)O. The van der Waals surface area contributed by atoms with Gasteiger partial charge in [-0.3, -0.25) is 9.11 Å². The molecule has 1 aromatic heterocycles. The van der Waals surface area contributed by atoms with Gasteiger partial charge in [0.05, 0.1) is 34.8 Å². The van der Waals surface area contributed by atoms with Gasteiger partial charge in [-0.05, 0) is 66.4 Å². The second kappa shape index (κ2) is 8.82. The van der Waals surface area contributed by atoms with Crippen LogP contribution in [0.2, 0.25) is 0 Å². The molecule has 2 N–H and O–H groups in total. The minimum atomic E-state index is -4.56. The topological polar surface area (TPSA) is 129 Å². The normalized spacial score (nSPS) is 13.1. The molecule has 5 rings (SSSR count). The van der Waals surface area contributed by atoms with Crippen molar-refractivity contribution >= 4 is 20.2 Å². The Hall–Kier alpha value is -3.57. The van der Waals surface area contributed by atoms with Gasteiger partial charge in [0.2, 0.25) is 0 Å². The molecule has 1 heterocycles. The molecule has 1 aliphatic rings. The highest BCUT2D eigenvalue weighted by Crippen LogP contribution is 2.43. The highest BCUT2D eigenvalue weighted by atomic mass is 32.2. The first-order chi connectivity index (χ1) is 17.1. The lowest BCUT2D eigenvalue weighted by molar-refractivity contribution is 0.397. The molecule has 0 atom stereocenters. The van der Waals surface area contributed by atoms with Gasteiger partial charge in [0, 0.05) is 5.56 Å². The maximum atomic E-state index is 12.0. The molecule has 3 aromatic carbocycles. The van der Waals surface area contributed by atoms with E-state index in [1.165, 1.54) is 43.5 Å². The molecule has 0 unspecified atom stereocenters. The number of fused-ring (bicyclic) bond motifs is 3. The Balaban J connectivity index is 1.77. The van der Waals surface area contributed by atoms with Crippen LogP contribution in [0.3, 0.4) is 0 Å². The number of methoxy groups -OCH3 is 1. The van der Waals surface area contributed by atoms with Crippen molar-refractivity contribution in [2.75, 3.05) is 7.11 Å². The van der Waals surface area contributed by atoms with E-state index in [9.17, 15) is 25.9 Å². The highest BCUT2D eigenvalue weighted by Gasteiger charge is 2.32. The summed E-state index contributed by atoms with van der Waals surface area (Å²) in [4.78, 5) is -0.602. The van der Waals surface area contributed by atoms with E-state index >= 15 is 0 Å². The van der Waals surface area contributed by atoms with E-state index in [-0.39, 0.29) is 15.5 Å². The Kier molecular flexibility index (Phi) is 5.92. The van der Waals surface area contributed by atoms with Crippen LogP contribution in [0.15, 0.2) is 87.0 Å². The molecule has 0 aliphatic heterocycles. The third-order valence-electron chi connectivity index (χ3n) is 6.18. The summed E-state index contributed by atoms with van der Waals surface area (Å²) in [5, 5.41) is 0. The summed E-state index contributed by atoms with van der Waals surface area (Å²) in [6.45, 7) is 0. The lowest BCUT2D eigenvalue weighted by atomic mass is 9.85. The summed E-state index contributed by atoms with van der Waals surface area (Å²) in [6.07, 6.45) is 1.40. The number of rotatable bonds is 5. The Bertz CT molecular complexity index is 1710. The van der Waals surface area contributed by atoms with Gasteiger partial charge in [-0.2, -0.15) is 16.8 Å². The molecule has 36 heavy (non-hydrogen) atoms. The van der Waals surface area contributed by atoms with Crippen LogP contribution in [0.4, 0.5) is 0 Å². The number of benzene rings is 3. The van der Waals surface area contributed by atoms with Gasteiger partial charge < -0.3 is 4.74 Å². The van der Waals surface area contributed by atoms with Gasteiger partial charge in [0.15, 0.2) is 0 Å². The molecule has 0 saturated heterocycles. The molecule has 4 aromatic rings. The second-order valence-electron chi connectivity index (χ2n) is 8.33. The molecule has 0 radical (unpaired) electrons. The minimum absolute atomic E-state index is 0.0158. The van der Waals surface area contributed by atoms with Crippen molar-refractivity contribution in [3.05, 3.63) is 83.9 Å². The van der Waals surface area contributed by atoms with Crippen molar-refractivity contribution < 1.29 is 35.1 Å². The lowest BCUT2D eigenvalue weighted by Gasteiger charge is -2.17. The molecular formula is C26H21O8S2+. The molecular weight excluding hydrogens is 504 g/mol. The predicted molar refractivity (Wildman–Crippen MR) is 133 cm³/mol. The van der Waals surface area contributed by atoms with Crippen LogP contribution >= 0.6 is 0 Å². The lowest BCUT2D eigenvalue weighted by Crippen LogP contribution is -2.07. The van der Waals surface area contributed by atoms with E-state index in [1.54, 1.807) is 12.1 Å². The van der Waals surface area contributed by atoms with Crippen LogP contribution in [0, 0.1) is 0 Å². The quantitative estimate of drug-likeness (QED) is 0.270. The fourth-order valence-electron chi connectivity index (χ4n) is 4.46. The first-order valence-corrected chi connectivity index (χ1v) is 13.8. The fraction of sp³-hybridized carbons (Fsp3) is 0.115. The number of ether oxygens (including phenoxy) is 1. The van der Waals surface area contributed by atoms with Crippen LogP contribution < -0.4 is 4.74 Å². The Morgan fingerprint density at radius 1 is 0.778 bits per heavy atom. The smallest absolute Gasteiger partial charge is 0.364 e. The van der Waals surface area contributed by atoms with E-state index in [4.69, 9.17) is 9.15 Å². The maximum Gasteiger partial charge on any atom is 0.364 e. The standard InChI is InChI=1S/C26H20O8S2/c1-33-23-13-9-18(14-25(23)36(30,31)32)22-15-24(17-6-10-19(11-7-17)35(27,28)29)34-26-20-5-3-2-4-16(20)8-12-21(22)26/h2-7,9-11,13-15H,8,12H2,1H3,(H-,27,28,29,30,31,32)/p+1. The van der Waals surface area contributed by atoms with Gasteiger partial charge in [0.1, 0.15) is 10.6 Å². The largest absolute Gasteiger partial charge is 0.495 e. The first kappa shape index (κ1) is 24.1.